The molecule has 27 heteroatoms. The van der Waals surface area contributed by atoms with Crippen LogP contribution >= 0.6 is 11.8 Å². The fourth-order valence-corrected chi connectivity index (χ4v) is 10.0. The highest BCUT2D eigenvalue weighted by Gasteiger charge is 2.48. The summed E-state index contributed by atoms with van der Waals surface area (Å²) in [7, 11) is 0. The third kappa shape index (κ3) is 10.6. The molecule has 2 aromatic heterocycles. The first-order chi connectivity index (χ1) is 33.5. The molecule has 1 saturated heterocycles. The number of carboxylic acids is 1. The van der Waals surface area contributed by atoms with E-state index in [4.69, 9.17) is 4.63 Å². The molecule has 380 valence electrons. The molecule has 10 N–H and O–H groups in total. The van der Waals surface area contributed by atoms with Crippen LogP contribution in [0.5, 0.6) is 0 Å². The van der Waals surface area contributed by atoms with Crippen LogP contribution in [0, 0.1) is 22.0 Å². The van der Waals surface area contributed by atoms with Gasteiger partial charge in [0.1, 0.15) is 42.3 Å². The van der Waals surface area contributed by atoms with E-state index in [-0.39, 0.29) is 17.9 Å². The van der Waals surface area contributed by atoms with Gasteiger partial charge in [0, 0.05) is 48.5 Å². The Hall–Kier alpha value is -7.23. The molecule has 10 atom stereocenters. The standard InChI is InChI=1S/C44H53N11O15S/c1-18(2)31-39(62)50-32(19(3)43(65)66)42(64)54(27-10-11-28(55(68)69)34-33(27)51-70-52-34)30-16-71-40-23(22-8-6-7-9-24(22)48-40)13-25(36(59)47-26(37(60)49-31)14-44(5,67)17-56)46-35(58)20(4)45-38(61)29-12-21(57)15-53(29)41(30)63/h6-11,18-21,25-26,29-32,48,56-57,67H,12-17H2,1-5H3,(H,45,61)(H,46,58)(H,47,59)(H,49,60)(H,50,62)(H,65,66). The quantitative estimate of drug-likeness (QED) is 0.0716. The van der Waals surface area contributed by atoms with Crippen LogP contribution in [0.25, 0.3) is 21.9 Å². The number of aliphatic hydroxyl groups is 3. The number of aliphatic hydroxyl groups excluding tert-OH is 2. The first kappa shape index (κ1) is 51.6. The van der Waals surface area contributed by atoms with Crippen molar-refractivity contribution in [1.82, 2.24) is 46.8 Å². The lowest BCUT2D eigenvalue weighted by Crippen LogP contribution is -2.63. The Labute approximate surface area is 407 Å². The minimum Gasteiger partial charge on any atom is -0.481 e. The van der Waals surface area contributed by atoms with Crippen molar-refractivity contribution < 1.29 is 68.3 Å². The van der Waals surface area contributed by atoms with Gasteiger partial charge < -0.3 is 56.9 Å². The van der Waals surface area contributed by atoms with Crippen LogP contribution in [0.3, 0.4) is 0 Å². The van der Waals surface area contributed by atoms with E-state index in [0.717, 1.165) is 40.6 Å². The zero-order chi connectivity index (χ0) is 51.8. The molecule has 3 aliphatic heterocycles. The number of nitrogens with one attached hydrogen (secondary N) is 6. The van der Waals surface area contributed by atoms with Crippen molar-refractivity contribution in [2.75, 3.05) is 23.8 Å². The molecule has 2 bridgehead atoms. The maximum absolute atomic E-state index is 15.7. The van der Waals surface area contributed by atoms with Crippen LogP contribution in [0.4, 0.5) is 11.4 Å². The van der Waals surface area contributed by atoms with Crippen molar-refractivity contribution in [1.29, 1.82) is 0 Å². The maximum atomic E-state index is 15.7. The van der Waals surface area contributed by atoms with Gasteiger partial charge in [-0.1, -0.05) is 32.0 Å². The molecule has 0 radical (unpaired) electrons. The SMILES string of the molecule is CC1NC(=O)C2CC(O)CN2C(=O)C2CSc3[nH]c4ccccc4c3CC(NC1=O)C(=O)NC(CC(C)(O)CO)C(=O)NC(C(C)C)C(=O)NC(C(C)C(=O)O)C(=O)N2c1ccc([N+](=O)[O-])c2nonc12. The number of thioether (sulfide) groups is 1. The normalized spacial score (nSPS) is 26.7. The Bertz CT molecular complexity index is 2800. The number of hydrogen-bond acceptors (Lipinski definition) is 17. The number of carbonyl (C=O) groups excluding carboxylic acids is 7. The van der Waals surface area contributed by atoms with E-state index in [1.807, 2.05) is 0 Å². The highest BCUT2D eigenvalue weighted by atomic mass is 32.2. The van der Waals surface area contributed by atoms with Gasteiger partial charge in [-0.3, -0.25) is 53.4 Å². The van der Waals surface area contributed by atoms with E-state index in [2.05, 4.69) is 41.9 Å². The minimum absolute atomic E-state index is 0.262. The summed E-state index contributed by atoms with van der Waals surface area (Å²) >= 11 is 0.908. The molecule has 1 fully saturated rings. The Morgan fingerprint density at radius 2 is 1.59 bits per heavy atom. The fourth-order valence-electron chi connectivity index (χ4n) is 8.84. The molecular formula is C44H53N11O15S. The summed E-state index contributed by atoms with van der Waals surface area (Å²) in [4.78, 5) is 133. The van der Waals surface area contributed by atoms with Gasteiger partial charge in [0.15, 0.2) is 5.52 Å². The molecule has 26 nitrogen and oxygen atoms in total. The predicted octanol–water partition coefficient (Wildman–Crippen LogP) is -1.41. The molecule has 3 aliphatic rings. The zero-order valence-electron chi connectivity index (χ0n) is 38.9. The third-order valence-electron chi connectivity index (χ3n) is 12.8. The number of rotatable bonds is 8. The van der Waals surface area contributed by atoms with E-state index < -0.39 is 166 Å². The van der Waals surface area contributed by atoms with Crippen molar-refractivity contribution in [3.05, 3.63) is 52.1 Å². The third-order valence-corrected chi connectivity index (χ3v) is 13.9. The molecule has 5 heterocycles. The van der Waals surface area contributed by atoms with Crippen LogP contribution in [-0.2, 0) is 44.8 Å². The van der Waals surface area contributed by atoms with Crippen molar-refractivity contribution in [3.8, 4) is 0 Å². The number of H-pyrrole nitrogens is 1. The summed E-state index contributed by atoms with van der Waals surface area (Å²) in [6.45, 7) is 5.17. The maximum Gasteiger partial charge on any atom is 0.308 e. The fraction of sp³-hybridized carbons (Fsp3) is 0.500. The average Bonchev–Trinajstić information content (AvgIpc) is 4.06. The summed E-state index contributed by atoms with van der Waals surface area (Å²) in [5.41, 5.74) is -3.15. The number of aromatic amines is 1. The second kappa shape index (κ2) is 20.6. The van der Waals surface area contributed by atoms with E-state index in [0.29, 0.717) is 16.5 Å². The number of nitro groups is 1. The lowest BCUT2D eigenvalue weighted by Gasteiger charge is -2.38. The lowest BCUT2D eigenvalue weighted by molar-refractivity contribution is -0.383. The zero-order valence-corrected chi connectivity index (χ0v) is 39.7. The van der Waals surface area contributed by atoms with E-state index >= 15 is 9.59 Å². The van der Waals surface area contributed by atoms with Crippen molar-refractivity contribution >= 4 is 92.4 Å². The molecule has 0 saturated carbocycles. The molecule has 10 unspecified atom stereocenters. The number of aromatic nitrogens is 3. The lowest BCUT2D eigenvalue weighted by atomic mass is 9.94. The summed E-state index contributed by atoms with van der Waals surface area (Å²) < 4.78 is 4.94. The highest BCUT2D eigenvalue weighted by Crippen LogP contribution is 2.38. The number of amides is 7. The number of nitrogens with zero attached hydrogens (tertiary/aromatic N) is 5. The van der Waals surface area contributed by atoms with Gasteiger partial charge >= 0.3 is 11.7 Å². The number of benzene rings is 2. The number of hydrogen-bond donors (Lipinski definition) is 10. The van der Waals surface area contributed by atoms with Gasteiger partial charge in [0.05, 0.1) is 39.9 Å². The predicted molar refractivity (Wildman–Crippen MR) is 248 cm³/mol. The molecule has 0 aliphatic carbocycles. The second-order valence-electron chi connectivity index (χ2n) is 18.5. The number of anilines is 1. The number of carboxylic acid groups (broad SMARTS) is 1. The second-order valence-corrected chi connectivity index (χ2v) is 19.5. The van der Waals surface area contributed by atoms with Crippen molar-refractivity contribution in [2.45, 2.75) is 113 Å². The molecule has 0 spiro atoms. The number of non-ortho nitro benzene ring substituents is 1. The number of nitro benzene ring substituents is 1. The molecule has 7 rings (SSSR count). The van der Waals surface area contributed by atoms with Crippen LogP contribution < -0.4 is 31.5 Å². The van der Waals surface area contributed by atoms with E-state index in [9.17, 15) is 59.3 Å². The Morgan fingerprint density at radius 3 is 2.27 bits per heavy atom. The van der Waals surface area contributed by atoms with Gasteiger partial charge in [-0.05, 0) is 54.7 Å². The Kier molecular flexibility index (Phi) is 15.0. The van der Waals surface area contributed by atoms with Crippen LogP contribution in [0.1, 0.15) is 53.0 Å². The van der Waals surface area contributed by atoms with Crippen LogP contribution in [-0.4, -0.2) is 166 Å². The number of aliphatic carboxylic acids is 1. The summed E-state index contributed by atoms with van der Waals surface area (Å²) in [5, 5.41) is 76.0. The van der Waals surface area contributed by atoms with Crippen LogP contribution in [0.2, 0.25) is 0 Å². The first-order valence-corrected chi connectivity index (χ1v) is 23.5. The largest absolute Gasteiger partial charge is 0.481 e. The van der Waals surface area contributed by atoms with Crippen LogP contribution in [0.15, 0.2) is 46.1 Å². The summed E-state index contributed by atoms with van der Waals surface area (Å²) in [5.74, 6) is -12.2. The van der Waals surface area contributed by atoms with Gasteiger partial charge in [-0.15, -0.1) is 11.8 Å². The van der Waals surface area contributed by atoms with Gasteiger partial charge in [-0.25, -0.2) is 4.63 Å². The molecule has 7 amide bonds. The highest BCUT2D eigenvalue weighted by molar-refractivity contribution is 7.99. The number of fused-ring (bicyclic) bond motifs is 6. The molecule has 2 aromatic carbocycles. The van der Waals surface area contributed by atoms with Crippen molar-refractivity contribution in [2.24, 2.45) is 11.8 Å². The topological polar surface area (TPSA) is 382 Å². The minimum atomic E-state index is -2.13. The van der Waals surface area contributed by atoms with Crippen molar-refractivity contribution in [3.63, 3.8) is 0 Å². The number of para-hydroxylation sites is 1. The molecule has 71 heavy (non-hydrogen) atoms. The molecular weight excluding hydrogens is 955 g/mol. The first-order valence-electron chi connectivity index (χ1n) is 22.5. The van der Waals surface area contributed by atoms with Gasteiger partial charge in [-0.2, -0.15) is 0 Å². The number of carbonyl (C=O) groups is 8. The Balaban J connectivity index is 1.54. The smallest absolute Gasteiger partial charge is 0.308 e. The van der Waals surface area contributed by atoms with E-state index in [1.54, 1.807) is 24.3 Å². The summed E-state index contributed by atoms with van der Waals surface area (Å²) in [6.07, 6.45) is -2.69. The Morgan fingerprint density at radius 1 is 0.901 bits per heavy atom. The molecule has 4 aromatic rings. The van der Waals surface area contributed by atoms with Gasteiger partial charge in [0.25, 0.3) is 5.91 Å². The average molecular weight is 1010 g/mol. The monoisotopic (exact) mass is 1010 g/mol. The summed E-state index contributed by atoms with van der Waals surface area (Å²) in [6, 6.07) is -3.10. The van der Waals surface area contributed by atoms with Gasteiger partial charge in [0.2, 0.25) is 41.0 Å². The van der Waals surface area contributed by atoms with E-state index in [1.165, 1.54) is 27.7 Å².